The molecule has 0 saturated heterocycles. The lowest BCUT2D eigenvalue weighted by Crippen LogP contribution is -2.09. The molecule has 0 saturated carbocycles. The van der Waals surface area contributed by atoms with Crippen LogP contribution in [0.1, 0.15) is 10.4 Å². The van der Waals surface area contributed by atoms with Gasteiger partial charge in [0.15, 0.2) is 5.75 Å². The summed E-state index contributed by atoms with van der Waals surface area (Å²) in [6, 6.07) is 9.64. The molecule has 102 valence electrons. The minimum Gasteiger partial charge on any atom is -0.421 e. The number of carbonyl (C=O) groups excluding carboxylic acids is 1. The Morgan fingerprint density at radius 2 is 1.90 bits per heavy atom. The molecule has 0 aliphatic carbocycles. The molecule has 0 fully saturated rings. The standard InChI is InChI=1S/C13H7Cl2NO4/c14-9-4-5-11(15)12(7-9)20-13(17)8-2-1-3-10(6-8)16(18)19/h1-7H. The van der Waals surface area contributed by atoms with Gasteiger partial charge in [-0.05, 0) is 18.2 Å². The summed E-state index contributed by atoms with van der Waals surface area (Å²) in [6.07, 6.45) is 0. The third-order valence-corrected chi connectivity index (χ3v) is 2.94. The number of benzene rings is 2. The van der Waals surface area contributed by atoms with Crippen molar-refractivity contribution in [2.75, 3.05) is 0 Å². The number of nitro benzene ring substituents is 1. The highest BCUT2D eigenvalue weighted by Gasteiger charge is 2.15. The Hall–Kier alpha value is -2.11. The van der Waals surface area contributed by atoms with Crippen molar-refractivity contribution < 1.29 is 14.5 Å². The maximum atomic E-state index is 11.9. The molecule has 5 nitrogen and oxygen atoms in total. The van der Waals surface area contributed by atoms with E-state index in [1.807, 2.05) is 0 Å². The van der Waals surface area contributed by atoms with E-state index in [1.165, 1.54) is 30.3 Å². The molecule has 0 radical (unpaired) electrons. The lowest BCUT2D eigenvalue weighted by Gasteiger charge is -2.06. The maximum Gasteiger partial charge on any atom is 0.343 e. The zero-order valence-corrected chi connectivity index (χ0v) is 11.4. The minimum absolute atomic E-state index is 0.0512. The molecule has 0 aliphatic rings. The summed E-state index contributed by atoms with van der Waals surface area (Å²) in [5.41, 5.74) is -0.146. The molecule has 0 amide bonds. The van der Waals surface area contributed by atoms with Gasteiger partial charge in [0.25, 0.3) is 5.69 Å². The van der Waals surface area contributed by atoms with Crippen molar-refractivity contribution in [1.82, 2.24) is 0 Å². The molecule has 0 aromatic heterocycles. The largest absolute Gasteiger partial charge is 0.421 e. The first-order valence-electron chi connectivity index (χ1n) is 5.39. The van der Waals surface area contributed by atoms with Crippen LogP contribution in [0.25, 0.3) is 0 Å². The second kappa shape index (κ2) is 5.90. The molecule has 0 bridgehead atoms. The van der Waals surface area contributed by atoms with Crippen LogP contribution in [0.3, 0.4) is 0 Å². The molecule has 0 aliphatic heterocycles. The number of halogens is 2. The van der Waals surface area contributed by atoms with E-state index in [0.29, 0.717) is 5.02 Å². The van der Waals surface area contributed by atoms with E-state index in [2.05, 4.69) is 0 Å². The highest BCUT2D eigenvalue weighted by Crippen LogP contribution is 2.28. The van der Waals surface area contributed by atoms with Gasteiger partial charge in [-0.25, -0.2) is 4.79 Å². The summed E-state index contributed by atoms with van der Waals surface area (Å²) in [7, 11) is 0. The van der Waals surface area contributed by atoms with Gasteiger partial charge in [-0.3, -0.25) is 10.1 Å². The molecule has 0 heterocycles. The van der Waals surface area contributed by atoms with Crippen molar-refractivity contribution in [3.8, 4) is 5.75 Å². The summed E-state index contributed by atoms with van der Waals surface area (Å²) in [6.45, 7) is 0. The fourth-order valence-electron chi connectivity index (χ4n) is 1.46. The Bertz CT molecular complexity index is 688. The van der Waals surface area contributed by atoms with Gasteiger partial charge in [-0.2, -0.15) is 0 Å². The average Bonchev–Trinajstić information content (AvgIpc) is 2.43. The van der Waals surface area contributed by atoms with Crippen LogP contribution in [0, 0.1) is 10.1 Å². The van der Waals surface area contributed by atoms with E-state index in [9.17, 15) is 14.9 Å². The van der Waals surface area contributed by atoms with Crippen molar-refractivity contribution in [2.45, 2.75) is 0 Å². The van der Waals surface area contributed by atoms with Crippen LogP contribution < -0.4 is 4.74 Å². The minimum atomic E-state index is -0.752. The van der Waals surface area contributed by atoms with E-state index >= 15 is 0 Å². The van der Waals surface area contributed by atoms with E-state index in [0.717, 1.165) is 6.07 Å². The zero-order chi connectivity index (χ0) is 14.7. The molecule has 0 unspecified atom stereocenters. The van der Waals surface area contributed by atoms with Crippen molar-refractivity contribution in [1.29, 1.82) is 0 Å². The Morgan fingerprint density at radius 3 is 2.60 bits per heavy atom. The summed E-state index contributed by atoms with van der Waals surface area (Å²) < 4.78 is 5.07. The number of ether oxygens (including phenoxy) is 1. The van der Waals surface area contributed by atoms with Crippen LogP contribution in [0.2, 0.25) is 10.0 Å². The molecule has 2 aromatic rings. The average molecular weight is 312 g/mol. The van der Waals surface area contributed by atoms with Gasteiger partial charge >= 0.3 is 5.97 Å². The fraction of sp³-hybridized carbons (Fsp3) is 0. The second-order valence-electron chi connectivity index (χ2n) is 3.77. The summed E-state index contributed by atoms with van der Waals surface area (Å²) in [5, 5.41) is 11.2. The molecule has 2 aromatic carbocycles. The molecule has 0 atom stereocenters. The Balaban J connectivity index is 2.26. The SMILES string of the molecule is O=C(Oc1cc(Cl)ccc1Cl)c1cccc([N+](=O)[O-])c1. The first-order chi connectivity index (χ1) is 9.47. The smallest absolute Gasteiger partial charge is 0.343 e. The van der Waals surface area contributed by atoms with Gasteiger partial charge in [0.2, 0.25) is 0 Å². The Kier molecular flexibility index (Phi) is 4.22. The summed E-state index contributed by atoms with van der Waals surface area (Å²) in [5.74, 6) is -0.659. The number of hydrogen-bond donors (Lipinski definition) is 0. The van der Waals surface area contributed by atoms with Crippen molar-refractivity contribution in [2.24, 2.45) is 0 Å². The number of nitrogens with zero attached hydrogens (tertiary/aromatic N) is 1. The predicted molar refractivity (Wildman–Crippen MR) is 74.5 cm³/mol. The van der Waals surface area contributed by atoms with Crippen LogP contribution in [0.15, 0.2) is 42.5 Å². The highest BCUT2D eigenvalue weighted by atomic mass is 35.5. The van der Waals surface area contributed by atoms with Gasteiger partial charge in [-0.15, -0.1) is 0 Å². The molecular formula is C13H7Cl2NO4. The highest BCUT2D eigenvalue weighted by molar-refractivity contribution is 6.34. The second-order valence-corrected chi connectivity index (χ2v) is 4.62. The zero-order valence-electron chi connectivity index (χ0n) is 9.88. The van der Waals surface area contributed by atoms with E-state index in [4.69, 9.17) is 27.9 Å². The van der Waals surface area contributed by atoms with Crippen LogP contribution in [-0.4, -0.2) is 10.9 Å². The third-order valence-electron chi connectivity index (χ3n) is 2.39. The van der Waals surface area contributed by atoms with E-state index < -0.39 is 10.9 Å². The lowest BCUT2D eigenvalue weighted by atomic mass is 10.2. The predicted octanol–water partition coefficient (Wildman–Crippen LogP) is 4.12. The summed E-state index contributed by atoms with van der Waals surface area (Å²) in [4.78, 5) is 22.0. The number of non-ortho nitro benzene ring substituents is 1. The number of esters is 1. The molecule has 7 heteroatoms. The molecule has 20 heavy (non-hydrogen) atoms. The normalized spacial score (nSPS) is 10.1. The Labute approximate surface area is 123 Å². The fourth-order valence-corrected chi connectivity index (χ4v) is 1.78. The first-order valence-corrected chi connectivity index (χ1v) is 6.14. The van der Waals surface area contributed by atoms with Crippen molar-refractivity contribution >= 4 is 34.9 Å². The molecular weight excluding hydrogens is 305 g/mol. The number of carbonyl (C=O) groups is 1. The quantitative estimate of drug-likeness (QED) is 0.370. The topological polar surface area (TPSA) is 69.4 Å². The Morgan fingerprint density at radius 1 is 1.15 bits per heavy atom. The monoisotopic (exact) mass is 311 g/mol. The van der Waals surface area contributed by atoms with Crippen LogP contribution in [0.4, 0.5) is 5.69 Å². The van der Waals surface area contributed by atoms with E-state index in [1.54, 1.807) is 6.07 Å². The number of hydrogen-bond acceptors (Lipinski definition) is 4. The first kappa shape index (κ1) is 14.3. The summed E-state index contributed by atoms with van der Waals surface area (Å²) >= 11 is 11.6. The lowest BCUT2D eigenvalue weighted by molar-refractivity contribution is -0.384. The number of rotatable bonds is 3. The van der Waals surface area contributed by atoms with Gasteiger partial charge < -0.3 is 4.74 Å². The van der Waals surface area contributed by atoms with E-state index in [-0.39, 0.29) is 22.0 Å². The van der Waals surface area contributed by atoms with Gasteiger partial charge in [0.05, 0.1) is 15.5 Å². The van der Waals surface area contributed by atoms with Gasteiger partial charge in [0, 0.05) is 23.2 Å². The van der Waals surface area contributed by atoms with Crippen LogP contribution in [0.5, 0.6) is 5.75 Å². The molecule has 0 spiro atoms. The van der Waals surface area contributed by atoms with Gasteiger partial charge in [0.1, 0.15) is 0 Å². The van der Waals surface area contributed by atoms with Crippen LogP contribution in [-0.2, 0) is 0 Å². The van der Waals surface area contributed by atoms with Crippen LogP contribution >= 0.6 is 23.2 Å². The molecule has 0 N–H and O–H groups in total. The maximum absolute atomic E-state index is 11.9. The van der Waals surface area contributed by atoms with Crippen molar-refractivity contribution in [3.63, 3.8) is 0 Å². The third kappa shape index (κ3) is 3.26. The number of nitro groups is 1. The molecule has 2 rings (SSSR count). The van der Waals surface area contributed by atoms with Gasteiger partial charge in [-0.1, -0.05) is 29.3 Å². The van der Waals surface area contributed by atoms with Crippen molar-refractivity contribution in [3.05, 3.63) is 68.2 Å².